The number of nitrogens with zero attached hydrogens (tertiary/aromatic N) is 3. The second kappa shape index (κ2) is 5.85. The Morgan fingerprint density at radius 1 is 1.50 bits per heavy atom. The van der Waals surface area contributed by atoms with Crippen LogP contribution in [-0.4, -0.2) is 39.3 Å². The van der Waals surface area contributed by atoms with Crippen molar-refractivity contribution in [3.8, 4) is 0 Å². The van der Waals surface area contributed by atoms with Crippen molar-refractivity contribution in [3.63, 3.8) is 0 Å². The molecule has 1 aliphatic heterocycles. The van der Waals surface area contributed by atoms with Crippen LogP contribution in [0.3, 0.4) is 0 Å². The average Bonchev–Trinajstić information content (AvgIpc) is 2.76. The second-order valence-electron chi connectivity index (χ2n) is 5.72. The lowest BCUT2D eigenvalue weighted by Gasteiger charge is -2.41. The third-order valence-electron chi connectivity index (χ3n) is 4.16. The van der Waals surface area contributed by atoms with Crippen molar-refractivity contribution < 1.29 is 5.11 Å². The first-order valence-corrected chi connectivity index (χ1v) is 6.97. The minimum atomic E-state index is 0.131. The number of piperidine rings is 1. The normalized spacial score (nSPS) is 25.5. The Bertz CT molecular complexity index is 373. The zero-order valence-corrected chi connectivity index (χ0v) is 11.6. The molecular weight excluding hydrogens is 226 g/mol. The molecule has 2 heterocycles. The van der Waals surface area contributed by atoms with Crippen LogP contribution in [0.25, 0.3) is 0 Å². The number of likely N-dealkylation sites (tertiary alicyclic amines) is 1. The summed E-state index contributed by atoms with van der Waals surface area (Å²) in [4.78, 5) is 6.63. The predicted octanol–water partition coefficient (Wildman–Crippen LogP) is 1.79. The highest BCUT2D eigenvalue weighted by atomic mass is 16.3. The Morgan fingerprint density at radius 2 is 2.33 bits per heavy atom. The van der Waals surface area contributed by atoms with Gasteiger partial charge in [-0.05, 0) is 25.8 Å². The van der Waals surface area contributed by atoms with Gasteiger partial charge in [0.2, 0.25) is 0 Å². The van der Waals surface area contributed by atoms with E-state index in [4.69, 9.17) is 0 Å². The molecule has 1 atom stereocenters. The molecule has 1 aromatic heterocycles. The molecule has 1 aliphatic rings. The van der Waals surface area contributed by atoms with Crippen molar-refractivity contribution in [3.05, 3.63) is 18.2 Å². The van der Waals surface area contributed by atoms with Gasteiger partial charge in [0, 0.05) is 38.4 Å². The van der Waals surface area contributed by atoms with Crippen molar-refractivity contribution in [2.45, 2.75) is 39.2 Å². The zero-order valence-electron chi connectivity index (χ0n) is 11.6. The molecule has 102 valence electrons. The van der Waals surface area contributed by atoms with Gasteiger partial charge in [-0.2, -0.15) is 0 Å². The van der Waals surface area contributed by atoms with Crippen LogP contribution in [0.5, 0.6) is 0 Å². The van der Waals surface area contributed by atoms with Gasteiger partial charge in [0.1, 0.15) is 0 Å². The SMILES string of the molecule is CCCC1(CO)CCCN(Cc2cncn2C)C1. The lowest BCUT2D eigenvalue weighted by atomic mass is 9.77. The molecule has 0 aliphatic carbocycles. The van der Waals surface area contributed by atoms with E-state index in [-0.39, 0.29) is 5.41 Å². The largest absolute Gasteiger partial charge is 0.396 e. The smallest absolute Gasteiger partial charge is 0.0945 e. The fraction of sp³-hybridized carbons (Fsp3) is 0.786. The number of aryl methyl sites for hydroxylation is 1. The first kappa shape index (κ1) is 13.6. The van der Waals surface area contributed by atoms with E-state index < -0.39 is 0 Å². The van der Waals surface area contributed by atoms with E-state index in [2.05, 4.69) is 21.4 Å². The van der Waals surface area contributed by atoms with E-state index >= 15 is 0 Å². The second-order valence-corrected chi connectivity index (χ2v) is 5.72. The summed E-state index contributed by atoms with van der Waals surface area (Å²) in [6.07, 6.45) is 8.43. The van der Waals surface area contributed by atoms with Crippen LogP contribution in [0.1, 0.15) is 38.3 Å². The maximum Gasteiger partial charge on any atom is 0.0945 e. The van der Waals surface area contributed by atoms with E-state index in [0.29, 0.717) is 6.61 Å². The Hall–Kier alpha value is -0.870. The molecular formula is C14H25N3O. The molecule has 1 saturated heterocycles. The van der Waals surface area contributed by atoms with E-state index in [1.165, 1.54) is 18.5 Å². The third kappa shape index (κ3) is 2.93. The quantitative estimate of drug-likeness (QED) is 0.867. The topological polar surface area (TPSA) is 41.3 Å². The number of hydrogen-bond donors (Lipinski definition) is 1. The molecule has 1 aromatic rings. The van der Waals surface area contributed by atoms with Crippen LogP contribution >= 0.6 is 0 Å². The van der Waals surface area contributed by atoms with Crippen molar-refractivity contribution in [1.82, 2.24) is 14.5 Å². The Labute approximate surface area is 110 Å². The standard InChI is InChI=1S/C14H25N3O/c1-3-5-14(11-18)6-4-7-17(10-14)9-13-8-15-12-16(13)2/h8,12,18H,3-7,9-11H2,1-2H3. The van der Waals surface area contributed by atoms with Gasteiger partial charge in [-0.15, -0.1) is 0 Å². The number of aliphatic hydroxyl groups is 1. The van der Waals surface area contributed by atoms with Crippen LogP contribution < -0.4 is 0 Å². The van der Waals surface area contributed by atoms with E-state index in [1.807, 2.05) is 19.6 Å². The van der Waals surface area contributed by atoms with Crippen LogP contribution in [0.4, 0.5) is 0 Å². The van der Waals surface area contributed by atoms with Gasteiger partial charge >= 0.3 is 0 Å². The van der Waals surface area contributed by atoms with Gasteiger partial charge in [0.05, 0.1) is 12.0 Å². The zero-order chi connectivity index (χ0) is 13.0. The molecule has 1 fully saturated rings. The third-order valence-corrected chi connectivity index (χ3v) is 4.16. The van der Waals surface area contributed by atoms with E-state index in [0.717, 1.165) is 32.5 Å². The molecule has 4 heteroatoms. The highest BCUT2D eigenvalue weighted by Gasteiger charge is 2.34. The summed E-state index contributed by atoms with van der Waals surface area (Å²) >= 11 is 0. The average molecular weight is 251 g/mol. The minimum absolute atomic E-state index is 0.131. The van der Waals surface area contributed by atoms with Gasteiger partial charge in [-0.25, -0.2) is 4.98 Å². The van der Waals surface area contributed by atoms with E-state index in [9.17, 15) is 5.11 Å². The monoisotopic (exact) mass is 251 g/mol. The van der Waals surface area contributed by atoms with Crippen LogP contribution in [0.15, 0.2) is 12.5 Å². The van der Waals surface area contributed by atoms with Gasteiger partial charge in [0.15, 0.2) is 0 Å². The lowest BCUT2D eigenvalue weighted by molar-refractivity contribution is 0.0208. The maximum absolute atomic E-state index is 9.73. The van der Waals surface area contributed by atoms with Gasteiger partial charge in [0.25, 0.3) is 0 Å². The lowest BCUT2D eigenvalue weighted by Crippen LogP contribution is -2.45. The molecule has 0 spiro atoms. The number of aliphatic hydroxyl groups excluding tert-OH is 1. The first-order chi connectivity index (χ1) is 8.69. The number of hydrogen-bond acceptors (Lipinski definition) is 3. The van der Waals surface area contributed by atoms with Crippen LogP contribution in [0, 0.1) is 5.41 Å². The van der Waals surface area contributed by atoms with E-state index in [1.54, 1.807) is 0 Å². The van der Waals surface area contributed by atoms with Crippen molar-refractivity contribution in [1.29, 1.82) is 0 Å². The highest BCUT2D eigenvalue weighted by molar-refractivity contribution is 4.98. The molecule has 0 aromatic carbocycles. The summed E-state index contributed by atoms with van der Waals surface area (Å²) in [5.74, 6) is 0. The number of aromatic nitrogens is 2. The molecule has 0 saturated carbocycles. The Morgan fingerprint density at radius 3 is 2.94 bits per heavy atom. The van der Waals surface area contributed by atoms with Crippen LogP contribution in [-0.2, 0) is 13.6 Å². The fourth-order valence-corrected chi connectivity index (χ4v) is 3.15. The molecule has 0 amide bonds. The summed E-state index contributed by atoms with van der Waals surface area (Å²) in [5.41, 5.74) is 1.38. The molecule has 0 bridgehead atoms. The molecule has 1 N–H and O–H groups in total. The summed E-state index contributed by atoms with van der Waals surface area (Å²) in [5, 5.41) is 9.73. The Balaban J connectivity index is 2.00. The summed E-state index contributed by atoms with van der Waals surface area (Å²) in [7, 11) is 2.04. The fourth-order valence-electron chi connectivity index (χ4n) is 3.15. The maximum atomic E-state index is 9.73. The van der Waals surface area contributed by atoms with Crippen molar-refractivity contribution >= 4 is 0 Å². The van der Waals surface area contributed by atoms with Gasteiger partial charge < -0.3 is 9.67 Å². The Kier molecular flexibility index (Phi) is 4.40. The predicted molar refractivity (Wildman–Crippen MR) is 72.1 cm³/mol. The molecule has 18 heavy (non-hydrogen) atoms. The molecule has 0 radical (unpaired) electrons. The summed E-state index contributed by atoms with van der Waals surface area (Å²) < 4.78 is 2.08. The number of imidazole rings is 1. The van der Waals surface area contributed by atoms with Crippen molar-refractivity contribution in [2.75, 3.05) is 19.7 Å². The van der Waals surface area contributed by atoms with Gasteiger partial charge in [-0.3, -0.25) is 4.90 Å². The first-order valence-electron chi connectivity index (χ1n) is 6.97. The van der Waals surface area contributed by atoms with Crippen LogP contribution in [0.2, 0.25) is 0 Å². The number of rotatable bonds is 5. The molecule has 2 rings (SSSR count). The van der Waals surface area contributed by atoms with Crippen molar-refractivity contribution in [2.24, 2.45) is 12.5 Å². The highest BCUT2D eigenvalue weighted by Crippen LogP contribution is 2.34. The summed E-state index contributed by atoms with van der Waals surface area (Å²) in [6, 6.07) is 0. The molecule has 1 unspecified atom stereocenters. The summed E-state index contributed by atoms with van der Waals surface area (Å²) in [6.45, 7) is 5.63. The molecule has 4 nitrogen and oxygen atoms in total. The minimum Gasteiger partial charge on any atom is -0.396 e. The van der Waals surface area contributed by atoms with Gasteiger partial charge in [-0.1, -0.05) is 13.3 Å².